The average molecular weight is 336 g/mol. The van der Waals surface area contributed by atoms with Gasteiger partial charge in [0.1, 0.15) is 11.9 Å². The van der Waals surface area contributed by atoms with Crippen LogP contribution in [0.2, 0.25) is 5.02 Å². The molecule has 1 amide bonds. The van der Waals surface area contributed by atoms with Gasteiger partial charge in [0.2, 0.25) is 5.91 Å². The molecule has 0 bridgehead atoms. The van der Waals surface area contributed by atoms with Crippen LogP contribution in [0.5, 0.6) is 5.75 Å². The molecule has 0 aliphatic carbocycles. The van der Waals surface area contributed by atoms with Crippen LogP contribution in [0, 0.1) is 0 Å². The van der Waals surface area contributed by atoms with Gasteiger partial charge in [-0.1, -0.05) is 11.6 Å². The molecule has 2 heterocycles. The summed E-state index contributed by atoms with van der Waals surface area (Å²) in [5.41, 5.74) is 5.20. The second-order valence-electron chi connectivity index (χ2n) is 5.58. The number of pyridine rings is 1. The maximum absolute atomic E-state index is 11.8. The van der Waals surface area contributed by atoms with Crippen LogP contribution < -0.4 is 16.0 Å². The van der Waals surface area contributed by atoms with E-state index in [2.05, 4.69) is 4.98 Å². The van der Waals surface area contributed by atoms with Gasteiger partial charge >= 0.3 is 0 Å². The summed E-state index contributed by atoms with van der Waals surface area (Å²) in [6.07, 6.45) is 3.05. The number of aromatic amines is 1. The number of hydrogen-bond acceptors (Lipinski definition) is 4. The number of aromatic nitrogens is 1. The minimum Gasteiger partial charge on any atom is -0.489 e. The molecule has 0 radical (unpaired) electrons. The summed E-state index contributed by atoms with van der Waals surface area (Å²) in [6.45, 7) is 1.30. The van der Waals surface area contributed by atoms with Crippen LogP contribution in [0.1, 0.15) is 12.8 Å². The quantitative estimate of drug-likeness (QED) is 0.890. The highest BCUT2D eigenvalue weighted by molar-refractivity contribution is 6.32. The lowest BCUT2D eigenvalue weighted by Gasteiger charge is -2.32. The average Bonchev–Trinajstić information content (AvgIpc) is 2.56. The number of carbonyl (C=O) groups excluding carboxylic acids is 1. The van der Waals surface area contributed by atoms with Crippen molar-refractivity contribution in [2.75, 3.05) is 19.6 Å². The molecule has 1 aliphatic heterocycles. The van der Waals surface area contributed by atoms with Crippen LogP contribution in [0.15, 0.2) is 29.2 Å². The number of benzene rings is 1. The first-order valence-corrected chi connectivity index (χ1v) is 7.91. The number of nitrogens with one attached hydrogen (secondary N) is 1. The van der Waals surface area contributed by atoms with Crippen molar-refractivity contribution >= 4 is 28.3 Å². The number of nitrogens with two attached hydrogens (primary N) is 1. The Morgan fingerprint density at radius 3 is 2.83 bits per heavy atom. The predicted octanol–water partition coefficient (Wildman–Crippen LogP) is 1.51. The minimum atomic E-state index is -0.176. The third-order valence-corrected chi connectivity index (χ3v) is 4.38. The summed E-state index contributed by atoms with van der Waals surface area (Å²) in [5, 5.41) is 1.73. The molecule has 1 aromatic carbocycles. The van der Waals surface area contributed by atoms with Gasteiger partial charge in [0, 0.05) is 37.5 Å². The third kappa shape index (κ3) is 3.33. The SMILES string of the molecule is NCC(=O)N1CCC(Oc2cc3cc[nH]c(=O)c3cc2Cl)CC1. The molecule has 0 unspecified atom stereocenters. The normalized spacial score (nSPS) is 15.8. The maximum atomic E-state index is 11.8. The summed E-state index contributed by atoms with van der Waals surface area (Å²) in [5.74, 6) is 0.528. The van der Waals surface area contributed by atoms with Gasteiger partial charge < -0.3 is 20.4 Å². The summed E-state index contributed by atoms with van der Waals surface area (Å²) in [4.78, 5) is 27.7. The Balaban J connectivity index is 1.74. The molecule has 1 saturated heterocycles. The van der Waals surface area contributed by atoms with Crippen LogP contribution in [0.4, 0.5) is 0 Å². The number of nitrogens with zero attached hydrogens (tertiary/aromatic N) is 1. The minimum absolute atomic E-state index is 0.00577. The summed E-state index contributed by atoms with van der Waals surface area (Å²) >= 11 is 6.24. The molecule has 1 fully saturated rings. The number of carbonyl (C=O) groups is 1. The molecular weight excluding hydrogens is 318 g/mol. The first-order chi connectivity index (χ1) is 11.1. The van der Waals surface area contributed by atoms with Gasteiger partial charge in [-0.3, -0.25) is 9.59 Å². The first kappa shape index (κ1) is 15.8. The van der Waals surface area contributed by atoms with Crippen LogP contribution in [0.25, 0.3) is 10.8 Å². The van der Waals surface area contributed by atoms with Gasteiger partial charge in [-0.05, 0) is 23.6 Å². The fraction of sp³-hybridized carbons (Fsp3) is 0.375. The van der Waals surface area contributed by atoms with Crippen LogP contribution in [-0.4, -0.2) is 41.5 Å². The second-order valence-corrected chi connectivity index (χ2v) is 5.99. The van der Waals surface area contributed by atoms with E-state index >= 15 is 0 Å². The Hall–Kier alpha value is -2.05. The molecule has 7 heteroatoms. The van der Waals surface area contributed by atoms with E-state index in [1.165, 1.54) is 0 Å². The smallest absolute Gasteiger partial charge is 0.255 e. The lowest BCUT2D eigenvalue weighted by molar-refractivity contribution is -0.131. The zero-order valence-corrected chi connectivity index (χ0v) is 13.3. The van der Waals surface area contributed by atoms with Crippen molar-refractivity contribution in [1.82, 2.24) is 9.88 Å². The van der Waals surface area contributed by atoms with Crippen molar-refractivity contribution in [1.29, 1.82) is 0 Å². The number of fused-ring (bicyclic) bond motifs is 1. The number of halogens is 1. The molecule has 122 valence electrons. The highest BCUT2D eigenvalue weighted by Gasteiger charge is 2.23. The summed E-state index contributed by atoms with van der Waals surface area (Å²) < 4.78 is 5.98. The van der Waals surface area contributed by atoms with Gasteiger partial charge in [-0.2, -0.15) is 0 Å². The molecular formula is C16H18ClN3O3. The van der Waals surface area contributed by atoms with Gasteiger partial charge in [0.15, 0.2) is 0 Å². The first-order valence-electron chi connectivity index (χ1n) is 7.54. The van der Waals surface area contributed by atoms with Gasteiger partial charge in [0.05, 0.1) is 11.6 Å². The van der Waals surface area contributed by atoms with Crippen molar-refractivity contribution in [3.8, 4) is 5.75 Å². The summed E-state index contributed by atoms with van der Waals surface area (Å²) in [6, 6.07) is 5.21. The van der Waals surface area contributed by atoms with E-state index in [9.17, 15) is 9.59 Å². The fourth-order valence-corrected chi connectivity index (χ4v) is 3.02. The fourth-order valence-electron chi connectivity index (χ4n) is 2.81. The Bertz CT molecular complexity index is 782. The molecule has 2 aromatic rings. The van der Waals surface area contributed by atoms with Crippen LogP contribution >= 0.6 is 11.6 Å². The van der Waals surface area contributed by atoms with E-state index in [0.717, 1.165) is 18.2 Å². The van der Waals surface area contributed by atoms with E-state index in [1.807, 2.05) is 6.07 Å². The van der Waals surface area contributed by atoms with E-state index in [0.29, 0.717) is 29.2 Å². The number of piperidine rings is 1. The Morgan fingerprint density at radius 1 is 1.39 bits per heavy atom. The lowest BCUT2D eigenvalue weighted by Crippen LogP contribution is -2.44. The van der Waals surface area contributed by atoms with Crippen LogP contribution in [0.3, 0.4) is 0 Å². The highest BCUT2D eigenvalue weighted by atomic mass is 35.5. The Labute approximate surface area is 138 Å². The predicted molar refractivity (Wildman–Crippen MR) is 88.9 cm³/mol. The van der Waals surface area contributed by atoms with Gasteiger partial charge in [-0.25, -0.2) is 0 Å². The van der Waals surface area contributed by atoms with Crippen molar-refractivity contribution in [3.05, 3.63) is 39.8 Å². The zero-order chi connectivity index (χ0) is 16.4. The van der Waals surface area contributed by atoms with Crippen molar-refractivity contribution in [3.63, 3.8) is 0 Å². The lowest BCUT2D eigenvalue weighted by atomic mass is 10.1. The molecule has 6 nitrogen and oxygen atoms in total. The van der Waals surface area contributed by atoms with E-state index in [-0.39, 0.29) is 24.1 Å². The van der Waals surface area contributed by atoms with Crippen molar-refractivity contribution in [2.24, 2.45) is 5.73 Å². The third-order valence-electron chi connectivity index (χ3n) is 4.09. The van der Waals surface area contributed by atoms with Crippen LogP contribution in [-0.2, 0) is 4.79 Å². The molecule has 1 aliphatic rings. The Kier molecular flexibility index (Phi) is 4.54. The second kappa shape index (κ2) is 6.60. The number of amides is 1. The monoisotopic (exact) mass is 335 g/mol. The molecule has 3 rings (SSSR count). The standard InChI is InChI=1S/C16H18ClN3O3/c17-13-8-12-10(1-4-19-16(12)22)7-14(13)23-11-2-5-20(6-3-11)15(21)9-18/h1,4,7-8,11H,2-3,5-6,9,18H2,(H,19,22). The molecule has 0 saturated carbocycles. The zero-order valence-electron chi connectivity index (χ0n) is 12.5. The Morgan fingerprint density at radius 2 is 2.13 bits per heavy atom. The molecule has 3 N–H and O–H groups in total. The molecule has 23 heavy (non-hydrogen) atoms. The number of likely N-dealkylation sites (tertiary alicyclic amines) is 1. The maximum Gasteiger partial charge on any atom is 0.255 e. The van der Waals surface area contributed by atoms with E-state index in [1.54, 1.807) is 23.2 Å². The van der Waals surface area contributed by atoms with E-state index in [4.69, 9.17) is 22.1 Å². The number of rotatable bonds is 3. The van der Waals surface area contributed by atoms with Crippen molar-refractivity contribution in [2.45, 2.75) is 18.9 Å². The number of hydrogen-bond donors (Lipinski definition) is 2. The summed E-state index contributed by atoms with van der Waals surface area (Å²) in [7, 11) is 0. The van der Waals surface area contributed by atoms with E-state index < -0.39 is 0 Å². The largest absolute Gasteiger partial charge is 0.489 e. The van der Waals surface area contributed by atoms with Crippen molar-refractivity contribution < 1.29 is 9.53 Å². The molecule has 0 spiro atoms. The van der Waals surface area contributed by atoms with Gasteiger partial charge in [-0.15, -0.1) is 0 Å². The topological polar surface area (TPSA) is 88.4 Å². The number of H-pyrrole nitrogens is 1. The highest BCUT2D eigenvalue weighted by Crippen LogP contribution is 2.30. The molecule has 1 aromatic heterocycles. The van der Waals surface area contributed by atoms with Gasteiger partial charge in [0.25, 0.3) is 5.56 Å². The molecule has 0 atom stereocenters. The number of ether oxygens (including phenoxy) is 1.